The molecular weight excluding hydrogens is 246 g/mol. The van der Waals surface area contributed by atoms with E-state index < -0.39 is 17.5 Å². The summed E-state index contributed by atoms with van der Waals surface area (Å²) in [5.74, 6) is -1.22. The molecule has 5 heteroatoms. The van der Waals surface area contributed by atoms with Crippen LogP contribution in [0.1, 0.15) is 40.5 Å². The standard InChI is InChI=1S/C14H23NO4/c1-5-11(12(16)17)10-6-8-15(9-7-10)13(18)19-14(2,3)4/h6,11H,5,7-9H2,1-4H3,(H,16,17). The lowest BCUT2D eigenvalue weighted by Crippen LogP contribution is -2.40. The fraction of sp³-hybridized carbons (Fsp3) is 0.714. The van der Waals surface area contributed by atoms with E-state index in [1.807, 2.05) is 33.8 Å². The Balaban J connectivity index is 2.62. The van der Waals surface area contributed by atoms with Crippen molar-refractivity contribution in [2.75, 3.05) is 13.1 Å². The fourth-order valence-corrected chi connectivity index (χ4v) is 2.09. The van der Waals surface area contributed by atoms with Crippen LogP contribution in [-0.2, 0) is 9.53 Å². The van der Waals surface area contributed by atoms with Gasteiger partial charge in [-0.15, -0.1) is 0 Å². The third-order valence-corrected chi connectivity index (χ3v) is 3.05. The van der Waals surface area contributed by atoms with Crippen molar-refractivity contribution in [2.24, 2.45) is 5.92 Å². The van der Waals surface area contributed by atoms with Crippen LogP contribution in [0.4, 0.5) is 4.79 Å². The van der Waals surface area contributed by atoms with E-state index >= 15 is 0 Å². The van der Waals surface area contributed by atoms with Crippen molar-refractivity contribution in [3.8, 4) is 0 Å². The largest absolute Gasteiger partial charge is 0.481 e. The normalized spacial score (nSPS) is 17.7. The molecule has 1 aliphatic heterocycles. The van der Waals surface area contributed by atoms with Crippen molar-refractivity contribution < 1.29 is 19.4 Å². The second-order valence-electron chi connectivity index (χ2n) is 5.75. The highest BCUT2D eigenvalue weighted by Crippen LogP contribution is 2.23. The van der Waals surface area contributed by atoms with Gasteiger partial charge >= 0.3 is 12.1 Å². The van der Waals surface area contributed by atoms with Crippen molar-refractivity contribution in [3.63, 3.8) is 0 Å². The van der Waals surface area contributed by atoms with Crippen molar-refractivity contribution in [3.05, 3.63) is 11.6 Å². The molecule has 0 bridgehead atoms. The zero-order valence-electron chi connectivity index (χ0n) is 12.1. The molecule has 108 valence electrons. The predicted octanol–water partition coefficient (Wildman–Crippen LogP) is 2.66. The van der Waals surface area contributed by atoms with Crippen molar-refractivity contribution in [1.29, 1.82) is 0 Å². The van der Waals surface area contributed by atoms with Gasteiger partial charge in [-0.05, 0) is 33.6 Å². The molecule has 1 rings (SSSR count). The number of carboxylic acids is 1. The van der Waals surface area contributed by atoms with Gasteiger partial charge in [0, 0.05) is 13.1 Å². The molecule has 0 saturated carbocycles. The van der Waals surface area contributed by atoms with Crippen LogP contribution < -0.4 is 0 Å². The molecule has 0 spiro atoms. The molecule has 0 saturated heterocycles. The second-order valence-corrected chi connectivity index (χ2v) is 5.75. The highest BCUT2D eigenvalue weighted by molar-refractivity contribution is 5.74. The van der Waals surface area contributed by atoms with Gasteiger partial charge in [-0.25, -0.2) is 4.79 Å². The number of ether oxygens (including phenoxy) is 1. The summed E-state index contributed by atoms with van der Waals surface area (Å²) in [7, 11) is 0. The van der Waals surface area contributed by atoms with E-state index in [9.17, 15) is 9.59 Å². The summed E-state index contributed by atoms with van der Waals surface area (Å²) in [6, 6.07) is 0. The van der Waals surface area contributed by atoms with E-state index in [0.717, 1.165) is 5.57 Å². The first-order chi connectivity index (χ1) is 8.74. The highest BCUT2D eigenvalue weighted by Gasteiger charge is 2.27. The van der Waals surface area contributed by atoms with Gasteiger partial charge in [0.05, 0.1) is 5.92 Å². The van der Waals surface area contributed by atoms with Gasteiger partial charge in [-0.3, -0.25) is 4.79 Å². The Hall–Kier alpha value is -1.52. The van der Waals surface area contributed by atoms with Crippen LogP contribution in [0.25, 0.3) is 0 Å². The van der Waals surface area contributed by atoms with Crippen LogP contribution in [0.2, 0.25) is 0 Å². The molecule has 0 aromatic heterocycles. The number of aliphatic carboxylic acids is 1. The first kappa shape index (κ1) is 15.5. The molecule has 0 aromatic rings. The zero-order valence-corrected chi connectivity index (χ0v) is 12.1. The molecule has 0 aliphatic carbocycles. The average molecular weight is 269 g/mol. The Morgan fingerprint density at radius 3 is 2.47 bits per heavy atom. The second kappa shape index (κ2) is 6.08. The van der Waals surface area contributed by atoms with Crippen LogP contribution in [0.15, 0.2) is 11.6 Å². The van der Waals surface area contributed by atoms with Crippen LogP contribution in [0.3, 0.4) is 0 Å². The molecule has 5 nitrogen and oxygen atoms in total. The van der Waals surface area contributed by atoms with E-state index in [-0.39, 0.29) is 6.09 Å². The van der Waals surface area contributed by atoms with E-state index in [1.54, 1.807) is 4.90 Å². The highest BCUT2D eigenvalue weighted by atomic mass is 16.6. The minimum atomic E-state index is -0.792. The SMILES string of the molecule is CCC(C(=O)O)C1=CCN(C(=O)OC(C)(C)C)CC1. The Bertz CT molecular complexity index is 381. The van der Waals surface area contributed by atoms with E-state index in [0.29, 0.717) is 25.9 Å². The molecule has 1 amide bonds. The first-order valence-electron chi connectivity index (χ1n) is 6.64. The number of hydrogen-bond acceptors (Lipinski definition) is 3. The van der Waals surface area contributed by atoms with Crippen molar-refractivity contribution in [1.82, 2.24) is 4.90 Å². The van der Waals surface area contributed by atoms with E-state index in [2.05, 4.69) is 0 Å². The number of rotatable bonds is 3. The summed E-state index contributed by atoms with van der Waals surface area (Å²) < 4.78 is 5.29. The van der Waals surface area contributed by atoms with Gasteiger partial charge in [0.2, 0.25) is 0 Å². The number of carbonyl (C=O) groups is 2. The fourth-order valence-electron chi connectivity index (χ4n) is 2.09. The summed E-state index contributed by atoms with van der Waals surface area (Å²) in [6.07, 6.45) is 2.68. The van der Waals surface area contributed by atoms with E-state index in [4.69, 9.17) is 9.84 Å². The van der Waals surface area contributed by atoms with Gasteiger partial charge in [-0.1, -0.05) is 18.6 Å². The molecule has 19 heavy (non-hydrogen) atoms. The van der Waals surface area contributed by atoms with Gasteiger partial charge in [0.25, 0.3) is 0 Å². The monoisotopic (exact) mass is 269 g/mol. The molecular formula is C14H23NO4. The van der Waals surface area contributed by atoms with E-state index in [1.165, 1.54) is 0 Å². The quantitative estimate of drug-likeness (QED) is 0.800. The maximum atomic E-state index is 11.9. The van der Waals surface area contributed by atoms with Gasteiger partial charge < -0.3 is 14.7 Å². The summed E-state index contributed by atoms with van der Waals surface area (Å²) in [6.45, 7) is 8.29. The van der Waals surface area contributed by atoms with Crippen LogP contribution in [0, 0.1) is 5.92 Å². The van der Waals surface area contributed by atoms with Crippen molar-refractivity contribution >= 4 is 12.1 Å². The number of carbonyl (C=O) groups excluding carboxylic acids is 1. The first-order valence-corrected chi connectivity index (χ1v) is 6.64. The molecule has 0 fully saturated rings. The maximum absolute atomic E-state index is 11.9. The maximum Gasteiger partial charge on any atom is 0.410 e. The third kappa shape index (κ3) is 4.58. The Morgan fingerprint density at radius 1 is 1.47 bits per heavy atom. The van der Waals surface area contributed by atoms with Crippen LogP contribution in [-0.4, -0.2) is 40.8 Å². The molecule has 0 aromatic carbocycles. The summed E-state index contributed by atoms with van der Waals surface area (Å²) in [4.78, 5) is 24.5. The number of hydrogen-bond donors (Lipinski definition) is 1. The molecule has 1 atom stereocenters. The van der Waals surface area contributed by atoms with Gasteiger partial charge in [0.1, 0.15) is 5.60 Å². The Kier molecular flexibility index (Phi) is 4.97. The average Bonchev–Trinajstić information content (AvgIpc) is 2.28. The molecule has 1 N–H and O–H groups in total. The Morgan fingerprint density at radius 2 is 2.11 bits per heavy atom. The lowest BCUT2D eigenvalue weighted by Gasteiger charge is -2.30. The van der Waals surface area contributed by atoms with Crippen molar-refractivity contribution in [2.45, 2.75) is 46.1 Å². The minimum absolute atomic E-state index is 0.342. The molecule has 1 heterocycles. The van der Waals surface area contributed by atoms with Crippen LogP contribution >= 0.6 is 0 Å². The smallest absolute Gasteiger partial charge is 0.410 e. The molecule has 1 unspecified atom stereocenters. The number of amides is 1. The molecule has 0 radical (unpaired) electrons. The minimum Gasteiger partial charge on any atom is -0.481 e. The van der Waals surface area contributed by atoms with Crippen LogP contribution in [0.5, 0.6) is 0 Å². The number of nitrogens with zero attached hydrogens (tertiary/aromatic N) is 1. The zero-order chi connectivity index (χ0) is 14.6. The summed E-state index contributed by atoms with van der Waals surface area (Å²) in [5.41, 5.74) is 0.406. The van der Waals surface area contributed by atoms with Gasteiger partial charge in [-0.2, -0.15) is 0 Å². The lowest BCUT2D eigenvalue weighted by molar-refractivity contribution is -0.140. The lowest BCUT2D eigenvalue weighted by atomic mass is 9.91. The van der Waals surface area contributed by atoms with Gasteiger partial charge in [0.15, 0.2) is 0 Å². The topological polar surface area (TPSA) is 66.8 Å². The number of carboxylic acid groups (broad SMARTS) is 1. The summed E-state index contributed by atoms with van der Waals surface area (Å²) >= 11 is 0. The molecule has 1 aliphatic rings. The Labute approximate surface area is 114 Å². The predicted molar refractivity (Wildman–Crippen MR) is 71.9 cm³/mol. The summed E-state index contributed by atoms with van der Waals surface area (Å²) in [5, 5.41) is 9.11. The third-order valence-electron chi connectivity index (χ3n) is 3.05.